The standard InChI is InChI=1S/C42H36ClN5O10S4/c1-26-38(42(61(53,54)32-10-6-30(57-2)7-11-32)18-16-28(23-45-42)36-14-15-37(43)60-36)34(40-29(17-20-59-40)25-48(51)52)21-35(41(49)46-50)39(26)47(24-27-5-4-19-44-22-27)62(55,56)33-12-8-31(58-3)9-13-33/h4-23,25,45H,24H2,1-3H3,(H3-,46,49,50,51,52)/p+1. The van der Waals surface area contributed by atoms with Crippen molar-refractivity contribution >= 4 is 77.5 Å². The molecule has 4 heterocycles. The molecule has 0 spiro atoms. The lowest BCUT2D eigenvalue weighted by Gasteiger charge is -2.38. The molecule has 20 heteroatoms. The predicted octanol–water partition coefficient (Wildman–Crippen LogP) is 7.40. The largest absolute Gasteiger partial charge is 0.497 e. The molecule has 15 nitrogen and oxygen atoms in total. The Hall–Kier alpha value is -6.22. The average Bonchev–Trinajstić information content (AvgIpc) is 3.93. The molecular weight excluding hydrogens is 898 g/mol. The minimum absolute atomic E-state index is 0.0310. The van der Waals surface area contributed by atoms with Crippen LogP contribution in [0.25, 0.3) is 16.0 Å². The van der Waals surface area contributed by atoms with Crippen LogP contribution < -0.4 is 24.6 Å². The van der Waals surface area contributed by atoms with Gasteiger partial charge in [-0.05, 0) is 108 Å². The maximum Gasteiger partial charge on any atom is 0.285 e. The van der Waals surface area contributed by atoms with Crippen molar-refractivity contribution in [2.75, 3.05) is 18.5 Å². The molecule has 0 fully saturated rings. The number of rotatable bonds is 14. The Morgan fingerprint density at radius 2 is 1.66 bits per heavy atom. The van der Waals surface area contributed by atoms with E-state index in [-0.39, 0.29) is 53.1 Å². The highest BCUT2D eigenvalue weighted by Gasteiger charge is 2.49. The molecule has 5 N–H and O–H groups in total. The number of sulfonamides is 1. The number of thiophene rings is 2. The smallest absolute Gasteiger partial charge is 0.285 e. The van der Waals surface area contributed by atoms with Crippen LogP contribution in [0.4, 0.5) is 5.69 Å². The molecule has 1 aliphatic heterocycles. The fourth-order valence-corrected chi connectivity index (χ4v) is 12.4. The lowest BCUT2D eigenvalue weighted by atomic mass is 9.87. The molecule has 1 atom stereocenters. The second-order valence-corrected chi connectivity index (χ2v) is 20.2. The van der Waals surface area contributed by atoms with E-state index < -0.39 is 37.2 Å². The Labute approximate surface area is 369 Å². The van der Waals surface area contributed by atoms with Crippen LogP contribution in [0.2, 0.25) is 4.34 Å². The van der Waals surface area contributed by atoms with E-state index in [1.165, 1.54) is 118 Å². The number of hydrogen-bond donors (Lipinski definition) is 5. The monoisotopic (exact) mass is 934 g/mol. The summed E-state index contributed by atoms with van der Waals surface area (Å²) >= 11 is 8.63. The van der Waals surface area contributed by atoms with Gasteiger partial charge in [0.05, 0.1) is 51.7 Å². The number of hydroxylamine groups is 1. The molecule has 62 heavy (non-hydrogen) atoms. The number of allylic oxidation sites excluding steroid dienone is 2. The van der Waals surface area contributed by atoms with Crippen molar-refractivity contribution < 1.29 is 51.6 Å². The van der Waals surface area contributed by atoms with E-state index >= 15 is 16.8 Å². The first-order chi connectivity index (χ1) is 29.6. The Morgan fingerprint density at radius 3 is 2.21 bits per heavy atom. The lowest BCUT2D eigenvalue weighted by molar-refractivity contribution is -0.952. The van der Waals surface area contributed by atoms with Crippen molar-refractivity contribution in [3.8, 4) is 21.9 Å². The number of carbonyl (C=O) groups is 1. The minimum atomic E-state index is -4.69. The number of benzene rings is 3. The molecule has 3 aromatic heterocycles. The number of nitrogens with zero attached hydrogens (tertiary/aromatic N) is 3. The zero-order chi connectivity index (χ0) is 44.4. The second-order valence-electron chi connectivity index (χ2n) is 13.6. The number of sulfone groups is 1. The van der Waals surface area contributed by atoms with Gasteiger partial charge in [-0.2, -0.15) is 0 Å². The number of aromatic nitrogens is 1. The van der Waals surface area contributed by atoms with Gasteiger partial charge < -0.3 is 14.8 Å². The molecule has 6 aromatic rings. The summed E-state index contributed by atoms with van der Waals surface area (Å²) in [5.41, 5.74) is 2.09. The molecule has 0 bridgehead atoms. The Morgan fingerprint density at radius 1 is 0.984 bits per heavy atom. The van der Waals surface area contributed by atoms with Crippen molar-refractivity contribution in [2.24, 2.45) is 0 Å². The summed E-state index contributed by atoms with van der Waals surface area (Å²) in [6.45, 7) is 1.06. The third-order valence-electron chi connectivity index (χ3n) is 9.99. The first-order valence-corrected chi connectivity index (χ1v) is 23.2. The second kappa shape index (κ2) is 17.6. The van der Waals surface area contributed by atoms with Gasteiger partial charge in [-0.3, -0.25) is 19.3 Å². The van der Waals surface area contributed by atoms with E-state index in [0.717, 1.165) is 21.9 Å². The molecular formula is C42H37ClN5O10S4+. The van der Waals surface area contributed by atoms with E-state index in [1.807, 2.05) is 0 Å². The number of halogens is 1. The summed E-state index contributed by atoms with van der Waals surface area (Å²) in [7, 11) is -6.49. The van der Waals surface area contributed by atoms with Crippen LogP contribution in [-0.2, 0) is 31.3 Å². The minimum Gasteiger partial charge on any atom is -0.497 e. The molecule has 0 aliphatic carbocycles. The fraction of sp³-hybridized carbons (Fsp3) is 0.119. The Balaban J connectivity index is 1.64. The number of anilines is 1. The predicted molar refractivity (Wildman–Crippen MR) is 235 cm³/mol. The normalized spacial score (nSPS) is 15.0. The van der Waals surface area contributed by atoms with E-state index in [0.29, 0.717) is 31.8 Å². The van der Waals surface area contributed by atoms with Crippen molar-refractivity contribution in [3.05, 3.63) is 158 Å². The average molecular weight is 936 g/mol. The summed E-state index contributed by atoms with van der Waals surface area (Å²) in [4.78, 5) is 16.3. The molecule has 320 valence electrons. The lowest BCUT2D eigenvalue weighted by Crippen LogP contribution is -2.48. The molecule has 0 radical (unpaired) electrons. The van der Waals surface area contributed by atoms with E-state index in [2.05, 4.69) is 10.3 Å². The molecule has 1 amide bonds. The molecule has 0 saturated heterocycles. The van der Waals surface area contributed by atoms with E-state index in [4.69, 9.17) is 21.1 Å². The number of amides is 1. The van der Waals surface area contributed by atoms with Crippen molar-refractivity contribution in [3.63, 3.8) is 0 Å². The van der Waals surface area contributed by atoms with Crippen LogP contribution in [-0.4, -0.2) is 68.7 Å². The summed E-state index contributed by atoms with van der Waals surface area (Å²) in [5.74, 6) is -0.385. The fourth-order valence-electron chi connectivity index (χ4n) is 7.11. The van der Waals surface area contributed by atoms with Crippen LogP contribution in [0.5, 0.6) is 11.5 Å². The van der Waals surface area contributed by atoms with Gasteiger partial charge >= 0.3 is 0 Å². The number of hydrogen-bond acceptors (Lipinski definition) is 14. The van der Waals surface area contributed by atoms with Crippen molar-refractivity contribution in [1.82, 2.24) is 15.8 Å². The van der Waals surface area contributed by atoms with Crippen molar-refractivity contribution in [1.29, 1.82) is 0 Å². The molecule has 1 aliphatic rings. The number of nitrogens with one attached hydrogen (secondary N) is 2. The summed E-state index contributed by atoms with van der Waals surface area (Å²) < 4.78 is 73.6. The van der Waals surface area contributed by atoms with Gasteiger partial charge in [0, 0.05) is 45.0 Å². The Kier molecular flexibility index (Phi) is 12.5. The van der Waals surface area contributed by atoms with Crippen LogP contribution in [0.3, 0.4) is 0 Å². The van der Waals surface area contributed by atoms with Gasteiger partial charge in [-0.25, -0.2) is 32.7 Å². The highest BCUT2D eigenvalue weighted by molar-refractivity contribution is 7.93. The summed E-state index contributed by atoms with van der Waals surface area (Å²) in [6, 6.07) is 20.8. The van der Waals surface area contributed by atoms with Gasteiger partial charge in [-0.15, -0.1) is 22.7 Å². The number of methoxy groups -OCH3 is 2. The number of pyridine rings is 1. The van der Waals surface area contributed by atoms with Gasteiger partial charge in [0.2, 0.25) is 9.84 Å². The van der Waals surface area contributed by atoms with Gasteiger partial charge in [-0.1, -0.05) is 23.7 Å². The first-order valence-electron chi connectivity index (χ1n) is 18.2. The molecule has 7 rings (SSSR count). The SMILES string of the molecule is COc1ccc(S(=O)(=O)N(Cc2cccnc2)c2c(C(=O)NO)cc(-c3sccc3C=[N+](O)O)c(C3(S(=O)(=O)c4ccc(OC)cc4)C=CC(c4ccc(Cl)s4)=CN3)c2C)cc1. The van der Waals surface area contributed by atoms with Crippen LogP contribution >= 0.6 is 34.3 Å². The highest BCUT2D eigenvalue weighted by Crippen LogP contribution is 2.50. The zero-order valence-corrected chi connectivity index (χ0v) is 36.9. The number of dihydropyridines is 1. The van der Waals surface area contributed by atoms with Crippen LogP contribution in [0.1, 0.15) is 37.5 Å². The molecule has 3 aromatic carbocycles. The highest BCUT2D eigenvalue weighted by atomic mass is 35.5. The Bertz CT molecular complexity index is 2970. The van der Waals surface area contributed by atoms with E-state index in [9.17, 15) is 20.4 Å². The zero-order valence-electron chi connectivity index (χ0n) is 32.9. The number of carbonyl (C=O) groups excluding carboxylic acids is 1. The van der Waals surface area contributed by atoms with E-state index in [1.54, 1.807) is 41.2 Å². The summed E-state index contributed by atoms with van der Waals surface area (Å²) in [5, 5.41) is 35.0. The van der Waals surface area contributed by atoms with Crippen molar-refractivity contribution in [2.45, 2.75) is 28.1 Å². The summed E-state index contributed by atoms with van der Waals surface area (Å²) in [6.07, 6.45) is 8.45. The number of ether oxygens (including phenoxy) is 2. The molecule has 1 unspecified atom stereocenters. The maximum absolute atomic E-state index is 15.7. The first kappa shape index (κ1) is 43.9. The third-order valence-corrected chi connectivity index (χ3v) is 16.2. The van der Waals surface area contributed by atoms with Crippen LogP contribution in [0, 0.1) is 6.92 Å². The topological polar surface area (TPSA) is 208 Å². The third kappa shape index (κ3) is 8.13. The quantitative estimate of drug-likeness (QED) is 0.0314. The van der Waals surface area contributed by atoms with Gasteiger partial charge in [0.25, 0.3) is 22.1 Å². The maximum atomic E-state index is 15.7. The van der Waals surface area contributed by atoms with Gasteiger partial charge in [0.1, 0.15) is 11.5 Å². The van der Waals surface area contributed by atoms with Gasteiger partial charge in [0.15, 0.2) is 9.77 Å². The molecule has 0 saturated carbocycles. The van der Waals surface area contributed by atoms with Crippen LogP contribution in [0.15, 0.2) is 131 Å².